The van der Waals surface area contributed by atoms with Gasteiger partial charge in [0, 0.05) is 31.9 Å². The van der Waals surface area contributed by atoms with Crippen molar-refractivity contribution in [3.05, 3.63) is 12.0 Å². The molecule has 0 radical (unpaired) electrons. The van der Waals surface area contributed by atoms with Gasteiger partial charge in [0.15, 0.2) is 5.03 Å². The first-order chi connectivity index (χ1) is 8.45. The normalized spacial score (nSPS) is 19.3. The zero-order chi connectivity index (χ0) is 13.3. The fourth-order valence-electron chi connectivity index (χ4n) is 2.17. The minimum Gasteiger partial charge on any atom is -0.334 e. The quantitative estimate of drug-likeness (QED) is 0.859. The van der Waals surface area contributed by atoms with Gasteiger partial charge in [0.25, 0.3) is 10.0 Å². The molecule has 0 aromatic carbocycles. The molecule has 0 aliphatic carbocycles. The van der Waals surface area contributed by atoms with Crippen molar-refractivity contribution in [3.63, 3.8) is 0 Å². The van der Waals surface area contributed by atoms with Crippen molar-refractivity contribution in [3.8, 4) is 0 Å². The molecule has 1 aromatic heterocycles. The van der Waals surface area contributed by atoms with Gasteiger partial charge >= 0.3 is 0 Å². The lowest BCUT2D eigenvalue weighted by Gasteiger charge is -2.28. The van der Waals surface area contributed by atoms with Crippen LogP contribution in [0.2, 0.25) is 0 Å². The summed E-state index contributed by atoms with van der Waals surface area (Å²) in [5.74, 6) is 0.727. The summed E-state index contributed by atoms with van der Waals surface area (Å²) in [6.45, 7) is 5.47. The second-order valence-electron chi connectivity index (χ2n) is 4.65. The van der Waals surface area contributed by atoms with E-state index in [9.17, 15) is 8.42 Å². The summed E-state index contributed by atoms with van der Waals surface area (Å²) in [5.41, 5.74) is 5.79. The molecule has 102 valence electrons. The predicted molar refractivity (Wildman–Crippen MR) is 68.6 cm³/mol. The number of piperidine rings is 1. The summed E-state index contributed by atoms with van der Waals surface area (Å²) in [6, 6.07) is 0.117. The van der Waals surface area contributed by atoms with Crippen molar-refractivity contribution < 1.29 is 8.42 Å². The zero-order valence-corrected chi connectivity index (χ0v) is 11.7. The van der Waals surface area contributed by atoms with Crippen LogP contribution in [0.15, 0.2) is 11.2 Å². The van der Waals surface area contributed by atoms with Crippen LogP contribution in [-0.2, 0) is 16.6 Å². The van der Waals surface area contributed by atoms with Crippen molar-refractivity contribution in [2.24, 2.45) is 5.73 Å². The van der Waals surface area contributed by atoms with Gasteiger partial charge in [-0.1, -0.05) is 0 Å². The third-order valence-electron chi connectivity index (χ3n) is 3.40. The number of hydrogen-bond donors (Lipinski definition) is 1. The molecule has 1 aliphatic heterocycles. The first-order valence-corrected chi connectivity index (χ1v) is 7.68. The van der Waals surface area contributed by atoms with Gasteiger partial charge in [0.2, 0.25) is 0 Å². The molecule has 0 bridgehead atoms. The number of aryl methyl sites for hydroxylation is 2. The standard InChI is InChI=1S/C11H20N4O2S/c1-3-14-8-11(13-9(14)2)18(16,17)15-6-4-10(12)5-7-15/h8,10H,3-7,12H2,1-2H3. The maximum absolute atomic E-state index is 12.4. The van der Waals surface area contributed by atoms with E-state index in [1.165, 1.54) is 4.31 Å². The lowest BCUT2D eigenvalue weighted by Crippen LogP contribution is -2.42. The van der Waals surface area contributed by atoms with E-state index in [2.05, 4.69) is 4.98 Å². The Kier molecular flexibility index (Phi) is 3.74. The van der Waals surface area contributed by atoms with Crippen LogP contribution in [0.5, 0.6) is 0 Å². The highest BCUT2D eigenvalue weighted by molar-refractivity contribution is 7.89. The molecule has 0 atom stereocenters. The second kappa shape index (κ2) is 4.99. The topological polar surface area (TPSA) is 81.2 Å². The highest BCUT2D eigenvalue weighted by Crippen LogP contribution is 2.19. The lowest BCUT2D eigenvalue weighted by atomic mass is 10.1. The highest BCUT2D eigenvalue weighted by Gasteiger charge is 2.30. The van der Waals surface area contributed by atoms with Crippen molar-refractivity contribution >= 4 is 10.0 Å². The average Bonchev–Trinajstić information content (AvgIpc) is 2.72. The SMILES string of the molecule is CCn1cc(S(=O)(=O)N2CCC(N)CC2)nc1C. The third kappa shape index (κ3) is 2.43. The van der Waals surface area contributed by atoms with E-state index < -0.39 is 10.0 Å². The molecular formula is C11H20N4O2S. The largest absolute Gasteiger partial charge is 0.334 e. The zero-order valence-electron chi connectivity index (χ0n) is 10.8. The van der Waals surface area contributed by atoms with E-state index in [0.717, 1.165) is 12.4 Å². The molecule has 2 N–H and O–H groups in total. The van der Waals surface area contributed by atoms with Gasteiger partial charge in [0.1, 0.15) is 5.82 Å². The molecule has 0 amide bonds. The molecule has 2 heterocycles. The van der Waals surface area contributed by atoms with E-state index in [4.69, 9.17) is 5.73 Å². The van der Waals surface area contributed by atoms with Gasteiger partial charge in [-0.3, -0.25) is 0 Å². The Morgan fingerprint density at radius 1 is 1.44 bits per heavy atom. The van der Waals surface area contributed by atoms with Gasteiger partial charge in [-0.25, -0.2) is 13.4 Å². The first-order valence-electron chi connectivity index (χ1n) is 6.24. The summed E-state index contributed by atoms with van der Waals surface area (Å²) in [7, 11) is -3.45. The van der Waals surface area contributed by atoms with Crippen LogP contribution < -0.4 is 5.73 Å². The van der Waals surface area contributed by atoms with Crippen LogP contribution in [0.1, 0.15) is 25.6 Å². The average molecular weight is 272 g/mol. The van der Waals surface area contributed by atoms with Gasteiger partial charge < -0.3 is 10.3 Å². The number of nitrogens with zero attached hydrogens (tertiary/aromatic N) is 3. The molecular weight excluding hydrogens is 252 g/mol. The van der Waals surface area contributed by atoms with Gasteiger partial charge in [-0.05, 0) is 26.7 Å². The number of aromatic nitrogens is 2. The molecule has 1 fully saturated rings. The lowest BCUT2D eigenvalue weighted by molar-refractivity contribution is 0.319. The maximum atomic E-state index is 12.4. The van der Waals surface area contributed by atoms with Crippen molar-refractivity contribution in [1.29, 1.82) is 0 Å². The molecule has 2 rings (SSSR count). The van der Waals surface area contributed by atoms with Crippen LogP contribution in [0, 0.1) is 6.92 Å². The third-order valence-corrected chi connectivity index (χ3v) is 5.17. The summed E-state index contributed by atoms with van der Waals surface area (Å²) < 4.78 is 28.1. The molecule has 0 unspecified atom stereocenters. The van der Waals surface area contributed by atoms with Crippen LogP contribution in [0.4, 0.5) is 0 Å². The molecule has 0 spiro atoms. The minimum atomic E-state index is -3.45. The van der Waals surface area contributed by atoms with Crippen molar-refractivity contribution in [1.82, 2.24) is 13.9 Å². The van der Waals surface area contributed by atoms with Crippen LogP contribution in [-0.4, -0.2) is 41.4 Å². The predicted octanol–water partition coefficient (Wildman–Crippen LogP) is 0.323. The van der Waals surface area contributed by atoms with E-state index in [-0.39, 0.29) is 11.1 Å². The van der Waals surface area contributed by atoms with Gasteiger partial charge in [-0.15, -0.1) is 0 Å². The monoisotopic (exact) mass is 272 g/mol. The molecule has 6 nitrogen and oxygen atoms in total. The Labute approximate surface area is 108 Å². The Morgan fingerprint density at radius 2 is 2.06 bits per heavy atom. The molecule has 1 aliphatic rings. The van der Waals surface area contributed by atoms with E-state index in [1.807, 2.05) is 18.4 Å². The molecule has 0 saturated carbocycles. The smallest absolute Gasteiger partial charge is 0.262 e. The Bertz CT molecular complexity index is 515. The molecule has 18 heavy (non-hydrogen) atoms. The Hall–Kier alpha value is -0.920. The van der Waals surface area contributed by atoms with Gasteiger partial charge in [-0.2, -0.15) is 4.31 Å². The number of nitrogens with two attached hydrogens (primary N) is 1. The second-order valence-corrected chi connectivity index (χ2v) is 6.54. The summed E-state index contributed by atoms with van der Waals surface area (Å²) >= 11 is 0. The summed E-state index contributed by atoms with van der Waals surface area (Å²) in [5, 5.41) is 0.150. The number of rotatable bonds is 3. The van der Waals surface area contributed by atoms with E-state index in [1.54, 1.807) is 6.20 Å². The van der Waals surface area contributed by atoms with Crippen LogP contribution in [0.3, 0.4) is 0 Å². The van der Waals surface area contributed by atoms with Crippen molar-refractivity contribution in [2.45, 2.75) is 44.3 Å². The van der Waals surface area contributed by atoms with Crippen LogP contribution >= 0.6 is 0 Å². The summed E-state index contributed by atoms with van der Waals surface area (Å²) in [6.07, 6.45) is 3.04. The number of sulfonamides is 1. The van der Waals surface area contributed by atoms with E-state index in [0.29, 0.717) is 25.9 Å². The molecule has 7 heteroatoms. The molecule has 1 saturated heterocycles. The number of imidazole rings is 1. The fourth-order valence-corrected chi connectivity index (χ4v) is 3.64. The molecule has 1 aromatic rings. The fraction of sp³-hybridized carbons (Fsp3) is 0.727. The maximum Gasteiger partial charge on any atom is 0.262 e. The Morgan fingerprint density at radius 3 is 2.56 bits per heavy atom. The minimum absolute atomic E-state index is 0.117. The van der Waals surface area contributed by atoms with Crippen molar-refractivity contribution in [2.75, 3.05) is 13.1 Å². The number of hydrogen-bond acceptors (Lipinski definition) is 4. The Balaban J connectivity index is 2.24. The summed E-state index contributed by atoms with van der Waals surface area (Å²) in [4.78, 5) is 4.15. The van der Waals surface area contributed by atoms with Crippen LogP contribution in [0.25, 0.3) is 0 Å². The highest BCUT2D eigenvalue weighted by atomic mass is 32.2. The van der Waals surface area contributed by atoms with E-state index >= 15 is 0 Å². The van der Waals surface area contributed by atoms with Gasteiger partial charge in [0.05, 0.1) is 0 Å². The first kappa shape index (κ1) is 13.5.